The van der Waals surface area contributed by atoms with Gasteiger partial charge in [-0.3, -0.25) is 9.59 Å². The molecule has 0 aromatic heterocycles. The maximum absolute atomic E-state index is 11.8. The van der Waals surface area contributed by atoms with Crippen LogP contribution in [0.15, 0.2) is 29.2 Å². The molecule has 1 aromatic rings. The molecule has 0 fully saturated rings. The van der Waals surface area contributed by atoms with Gasteiger partial charge in [-0.2, -0.15) is 0 Å². The van der Waals surface area contributed by atoms with E-state index in [1.54, 1.807) is 7.11 Å². The third-order valence-electron chi connectivity index (χ3n) is 2.85. The Balaban J connectivity index is 2.47. The van der Waals surface area contributed by atoms with Crippen LogP contribution in [0.2, 0.25) is 0 Å². The molecule has 0 aliphatic carbocycles. The number of hydrogen-bond donors (Lipinski definition) is 1. The van der Waals surface area contributed by atoms with Gasteiger partial charge in [-0.1, -0.05) is 13.8 Å². The average Bonchev–Trinajstić information content (AvgIpc) is 2.42. The molecule has 1 amide bonds. The zero-order valence-corrected chi connectivity index (χ0v) is 13.1. The number of carbonyl (C=O) groups excluding carboxylic acids is 2. The minimum atomic E-state index is -0.404. The Morgan fingerprint density at radius 3 is 2.30 bits per heavy atom. The van der Waals surface area contributed by atoms with Gasteiger partial charge in [0.05, 0.1) is 18.9 Å². The van der Waals surface area contributed by atoms with Crippen molar-refractivity contribution >= 4 is 23.5 Å². The highest BCUT2D eigenvalue weighted by atomic mass is 32.2. The van der Waals surface area contributed by atoms with E-state index < -0.39 is 6.04 Å². The summed E-state index contributed by atoms with van der Waals surface area (Å²) in [6.45, 7) is 5.34. The highest BCUT2D eigenvalue weighted by molar-refractivity contribution is 8.00. The van der Waals surface area contributed by atoms with Crippen molar-refractivity contribution < 1.29 is 14.3 Å². The van der Waals surface area contributed by atoms with Gasteiger partial charge >= 0.3 is 0 Å². The number of carbonyl (C=O) groups is 2. The van der Waals surface area contributed by atoms with Crippen LogP contribution < -0.4 is 10.1 Å². The molecule has 20 heavy (non-hydrogen) atoms. The molecule has 0 spiro atoms. The lowest BCUT2D eigenvalue weighted by Gasteiger charge is -2.19. The Morgan fingerprint density at radius 1 is 1.25 bits per heavy atom. The summed E-state index contributed by atoms with van der Waals surface area (Å²) in [7, 11) is 1.61. The summed E-state index contributed by atoms with van der Waals surface area (Å²) < 4.78 is 5.07. The molecule has 4 nitrogen and oxygen atoms in total. The smallest absolute Gasteiger partial charge is 0.230 e. The maximum atomic E-state index is 11.8. The summed E-state index contributed by atoms with van der Waals surface area (Å²) in [5.41, 5.74) is 0. The quantitative estimate of drug-likeness (QED) is 0.785. The van der Waals surface area contributed by atoms with Crippen LogP contribution in [0.4, 0.5) is 0 Å². The molecule has 1 unspecified atom stereocenters. The lowest BCUT2D eigenvalue weighted by Crippen LogP contribution is -2.44. The van der Waals surface area contributed by atoms with Gasteiger partial charge in [-0.15, -0.1) is 11.8 Å². The highest BCUT2D eigenvalue weighted by Crippen LogP contribution is 2.21. The van der Waals surface area contributed by atoms with E-state index in [1.165, 1.54) is 18.7 Å². The number of Topliss-reactive ketones (excluding diaryl/α,β-unsaturated/α-hetero) is 1. The number of rotatable bonds is 7. The largest absolute Gasteiger partial charge is 0.497 e. The number of thioether (sulfide) groups is 1. The number of ketones is 1. The van der Waals surface area contributed by atoms with E-state index in [-0.39, 0.29) is 17.6 Å². The normalized spacial score (nSPS) is 12.1. The second kappa shape index (κ2) is 7.94. The third kappa shape index (κ3) is 5.25. The number of benzene rings is 1. The monoisotopic (exact) mass is 295 g/mol. The van der Waals surface area contributed by atoms with Crippen LogP contribution in [0.25, 0.3) is 0 Å². The molecule has 0 saturated heterocycles. The van der Waals surface area contributed by atoms with Gasteiger partial charge in [0.1, 0.15) is 5.75 Å². The van der Waals surface area contributed by atoms with E-state index in [4.69, 9.17) is 4.74 Å². The van der Waals surface area contributed by atoms with Crippen LogP contribution in [0, 0.1) is 5.92 Å². The van der Waals surface area contributed by atoms with E-state index in [0.29, 0.717) is 5.75 Å². The average molecular weight is 295 g/mol. The fourth-order valence-electron chi connectivity index (χ4n) is 1.77. The predicted octanol–water partition coefficient (Wildman–Crippen LogP) is 2.52. The minimum Gasteiger partial charge on any atom is -0.497 e. The highest BCUT2D eigenvalue weighted by Gasteiger charge is 2.20. The van der Waals surface area contributed by atoms with E-state index in [2.05, 4.69) is 5.32 Å². The van der Waals surface area contributed by atoms with Crippen LogP contribution in [-0.4, -0.2) is 30.6 Å². The Hall–Kier alpha value is -1.49. The lowest BCUT2D eigenvalue weighted by atomic mass is 10.0. The third-order valence-corrected chi connectivity index (χ3v) is 3.86. The Kier molecular flexibility index (Phi) is 6.58. The SMILES string of the molecule is COc1ccc(SCC(=O)NC(C(C)=O)C(C)C)cc1. The van der Waals surface area contributed by atoms with Gasteiger partial charge in [-0.25, -0.2) is 0 Å². The Morgan fingerprint density at radius 2 is 1.85 bits per heavy atom. The van der Waals surface area contributed by atoms with Crippen molar-refractivity contribution in [3.8, 4) is 5.75 Å². The molecule has 5 heteroatoms. The van der Waals surface area contributed by atoms with Crippen LogP contribution >= 0.6 is 11.8 Å². The van der Waals surface area contributed by atoms with Crippen molar-refractivity contribution in [3.63, 3.8) is 0 Å². The zero-order chi connectivity index (χ0) is 15.1. The second-order valence-corrected chi connectivity index (χ2v) is 5.91. The van der Waals surface area contributed by atoms with Gasteiger partial charge in [0.2, 0.25) is 5.91 Å². The second-order valence-electron chi connectivity index (χ2n) is 4.86. The van der Waals surface area contributed by atoms with E-state index in [0.717, 1.165) is 10.6 Å². The summed E-state index contributed by atoms with van der Waals surface area (Å²) in [6.07, 6.45) is 0. The van der Waals surface area contributed by atoms with Crippen LogP contribution in [0.1, 0.15) is 20.8 Å². The molecule has 0 bridgehead atoms. The van der Waals surface area contributed by atoms with Gasteiger partial charge in [0.15, 0.2) is 5.78 Å². The lowest BCUT2D eigenvalue weighted by molar-refractivity contribution is -0.126. The molecule has 1 rings (SSSR count). The van der Waals surface area contributed by atoms with Crippen LogP contribution in [-0.2, 0) is 9.59 Å². The number of methoxy groups -OCH3 is 1. The van der Waals surface area contributed by atoms with Crippen molar-refractivity contribution in [2.45, 2.75) is 31.7 Å². The molecule has 0 aliphatic rings. The molecule has 110 valence electrons. The molecule has 1 N–H and O–H groups in total. The molecule has 1 atom stereocenters. The molecule has 0 heterocycles. The maximum Gasteiger partial charge on any atom is 0.230 e. The zero-order valence-electron chi connectivity index (χ0n) is 12.3. The number of ether oxygens (including phenoxy) is 1. The van der Waals surface area contributed by atoms with E-state index in [9.17, 15) is 9.59 Å². The minimum absolute atomic E-state index is 0.0113. The van der Waals surface area contributed by atoms with Crippen molar-refractivity contribution in [3.05, 3.63) is 24.3 Å². The standard InChI is InChI=1S/C15H21NO3S/c1-10(2)15(11(3)17)16-14(18)9-20-13-7-5-12(19-4)6-8-13/h5-8,10,15H,9H2,1-4H3,(H,16,18). The Labute approximate surface area is 124 Å². The van der Waals surface area contributed by atoms with Gasteiger partial charge < -0.3 is 10.1 Å². The predicted molar refractivity (Wildman–Crippen MR) is 81.2 cm³/mol. The summed E-state index contributed by atoms with van der Waals surface area (Å²) in [5, 5.41) is 2.77. The fourth-order valence-corrected chi connectivity index (χ4v) is 2.48. The van der Waals surface area contributed by atoms with Gasteiger partial charge in [0, 0.05) is 4.90 Å². The molecular weight excluding hydrogens is 274 g/mol. The van der Waals surface area contributed by atoms with Crippen molar-refractivity contribution in [2.24, 2.45) is 5.92 Å². The molecular formula is C15H21NO3S. The molecule has 0 aliphatic heterocycles. The fraction of sp³-hybridized carbons (Fsp3) is 0.467. The van der Waals surface area contributed by atoms with Crippen molar-refractivity contribution in [1.82, 2.24) is 5.32 Å². The first-order chi connectivity index (χ1) is 9.43. The van der Waals surface area contributed by atoms with E-state index in [1.807, 2.05) is 38.1 Å². The number of amides is 1. The first kappa shape index (κ1) is 16.6. The summed E-state index contributed by atoms with van der Waals surface area (Å²) in [6, 6.07) is 7.11. The van der Waals surface area contributed by atoms with Gasteiger partial charge in [-0.05, 0) is 37.1 Å². The molecule has 0 saturated carbocycles. The van der Waals surface area contributed by atoms with Crippen LogP contribution in [0.5, 0.6) is 5.75 Å². The topological polar surface area (TPSA) is 55.4 Å². The number of nitrogens with one attached hydrogen (secondary N) is 1. The van der Waals surface area contributed by atoms with Crippen LogP contribution in [0.3, 0.4) is 0 Å². The summed E-state index contributed by atoms with van der Waals surface area (Å²) in [5.74, 6) is 1.04. The Bertz CT molecular complexity index is 457. The number of hydrogen-bond acceptors (Lipinski definition) is 4. The first-order valence-electron chi connectivity index (χ1n) is 6.50. The summed E-state index contributed by atoms with van der Waals surface area (Å²) in [4.78, 5) is 24.3. The first-order valence-corrected chi connectivity index (χ1v) is 7.49. The van der Waals surface area contributed by atoms with Crippen molar-refractivity contribution in [1.29, 1.82) is 0 Å². The van der Waals surface area contributed by atoms with Crippen molar-refractivity contribution in [2.75, 3.05) is 12.9 Å². The molecule has 0 radical (unpaired) electrons. The molecule has 1 aromatic carbocycles. The van der Waals surface area contributed by atoms with E-state index >= 15 is 0 Å². The van der Waals surface area contributed by atoms with Gasteiger partial charge in [0.25, 0.3) is 0 Å². The summed E-state index contributed by atoms with van der Waals surface area (Å²) >= 11 is 1.43.